The molecule has 1 fully saturated rings. The van der Waals surface area contributed by atoms with Crippen molar-refractivity contribution in [2.75, 3.05) is 39.5 Å². The summed E-state index contributed by atoms with van der Waals surface area (Å²) in [6.45, 7) is 3.76. The van der Waals surface area contributed by atoms with Crippen molar-refractivity contribution in [1.29, 1.82) is 0 Å². The first-order valence-electron chi connectivity index (χ1n) is 4.52. The van der Waals surface area contributed by atoms with Crippen molar-refractivity contribution in [1.82, 2.24) is 4.90 Å². The van der Waals surface area contributed by atoms with Crippen LogP contribution in [0.25, 0.3) is 0 Å². The summed E-state index contributed by atoms with van der Waals surface area (Å²) < 4.78 is 10.3. The van der Waals surface area contributed by atoms with Gasteiger partial charge in [0.15, 0.2) is 0 Å². The number of amides is 1. The monoisotopic (exact) mass is 183 g/mol. The summed E-state index contributed by atoms with van der Waals surface area (Å²) in [5, 5.41) is 0. The fourth-order valence-electron chi connectivity index (χ4n) is 1.51. The number of morpholine rings is 1. The number of rotatable bonds is 1. The molecule has 0 aromatic heterocycles. The minimum Gasteiger partial charge on any atom is -0.378 e. The van der Waals surface area contributed by atoms with E-state index in [4.69, 9.17) is 9.47 Å². The van der Waals surface area contributed by atoms with Crippen molar-refractivity contribution in [2.24, 2.45) is 0 Å². The number of nitrogens with zero attached hydrogens (tertiary/aromatic N) is 1. The summed E-state index contributed by atoms with van der Waals surface area (Å²) in [4.78, 5) is 13.5. The van der Waals surface area contributed by atoms with E-state index < -0.39 is 0 Å². The predicted octanol–water partition coefficient (Wildman–Crippen LogP) is -0.198. The first kappa shape index (κ1) is 8.72. The lowest BCUT2D eigenvalue weighted by atomic mass is 10.2. The van der Waals surface area contributed by atoms with Crippen LogP contribution in [0, 0.1) is 0 Å². The summed E-state index contributed by atoms with van der Waals surface area (Å²) in [6, 6.07) is 0. The molecule has 0 aromatic carbocycles. The molecule has 0 spiro atoms. The molecule has 4 heteroatoms. The van der Waals surface area contributed by atoms with Crippen LogP contribution in [0.1, 0.15) is 0 Å². The minimum atomic E-state index is 0.112. The SMILES string of the molecule is O=C(C1=CCOC1)N1CCOCC1. The lowest BCUT2D eigenvalue weighted by molar-refractivity contribution is -0.131. The van der Waals surface area contributed by atoms with Crippen LogP contribution in [-0.2, 0) is 14.3 Å². The zero-order valence-electron chi connectivity index (χ0n) is 7.49. The molecule has 2 aliphatic rings. The molecular weight excluding hydrogens is 170 g/mol. The van der Waals surface area contributed by atoms with Crippen LogP contribution in [0.5, 0.6) is 0 Å². The Bertz CT molecular complexity index is 231. The Morgan fingerprint density at radius 2 is 2.08 bits per heavy atom. The largest absolute Gasteiger partial charge is 0.378 e. The molecule has 0 saturated carbocycles. The Hall–Kier alpha value is -0.870. The highest BCUT2D eigenvalue weighted by Gasteiger charge is 2.22. The molecule has 0 N–H and O–H groups in total. The maximum absolute atomic E-state index is 11.7. The fraction of sp³-hybridized carbons (Fsp3) is 0.667. The second-order valence-corrected chi connectivity index (χ2v) is 3.15. The summed E-state index contributed by atoms with van der Waals surface area (Å²) in [5.41, 5.74) is 0.793. The van der Waals surface area contributed by atoms with Gasteiger partial charge in [-0.3, -0.25) is 4.79 Å². The van der Waals surface area contributed by atoms with Gasteiger partial charge in [-0.1, -0.05) is 0 Å². The fourth-order valence-corrected chi connectivity index (χ4v) is 1.51. The summed E-state index contributed by atoms with van der Waals surface area (Å²) >= 11 is 0. The van der Waals surface area contributed by atoms with Gasteiger partial charge in [0.1, 0.15) is 0 Å². The Morgan fingerprint density at radius 3 is 2.69 bits per heavy atom. The van der Waals surface area contributed by atoms with Gasteiger partial charge in [-0.25, -0.2) is 0 Å². The van der Waals surface area contributed by atoms with E-state index in [1.54, 1.807) is 0 Å². The molecule has 72 valence electrons. The quantitative estimate of drug-likeness (QED) is 0.565. The third kappa shape index (κ3) is 1.89. The molecule has 0 unspecified atom stereocenters. The van der Waals surface area contributed by atoms with E-state index in [2.05, 4.69) is 0 Å². The lowest BCUT2D eigenvalue weighted by Gasteiger charge is -2.26. The highest BCUT2D eigenvalue weighted by atomic mass is 16.5. The van der Waals surface area contributed by atoms with E-state index in [0.29, 0.717) is 39.5 Å². The van der Waals surface area contributed by atoms with Crippen LogP contribution < -0.4 is 0 Å². The number of ether oxygens (including phenoxy) is 2. The third-order valence-electron chi connectivity index (χ3n) is 2.28. The molecule has 13 heavy (non-hydrogen) atoms. The van der Waals surface area contributed by atoms with Crippen LogP contribution in [0.2, 0.25) is 0 Å². The normalized spacial score (nSPS) is 23.1. The second-order valence-electron chi connectivity index (χ2n) is 3.15. The molecule has 0 aromatic rings. The zero-order chi connectivity index (χ0) is 9.10. The summed E-state index contributed by atoms with van der Waals surface area (Å²) in [7, 11) is 0. The van der Waals surface area contributed by atoms with E-state index in [1.807, 2.05) is 11.0 Å². The van der Waals surface area contributed by atoms with E-state index in [0.717, 1.165) is 5.57 Å². The first-order chi connectivity index (χ1) is 6.38. The maximum Gasteiger partial charge on any atom is 0.252 e. The van der Waals surface area contributed by atoms with Crippen LogP contribution in [0.4, 0.5) is 0 Å². The van der Waals surface area contributed by atoms with E-state index in [9.17, 15) is 4.79 Å². The smallest absolute Gasteiger partial charge is 0.252 e. The summed E-state index contributed by atoms with van der Waals surface area (Å²) in [6.07, 6.45) is 1.86. The molecule has 0 atom stereocenters. The molecule has 0 aliphatic carbocycles. The number of hydrogen-bond donors (Lipinski definition) is 0. The number of hydrogen-bond acceptors (Lipinski definition) is 3. The van der Waals surface area contributed by atoms with Gasteiger partial charge in [0.25, 0.3) is 5.91 Å². The van der Waals surface area contributed by atoms with Crippen LogP contribution in [0.3, 0.4) is 0 Å². The van der Waals surface area contributed by atoms with Gasteiger partial charge < -0.3 is 14.4 Å². The van der Waals surface area contributed by atoms with Crippen LogP contribution in [-0.4, -0.2) is 50.3 Å². The van der Waals surface area contributed by atoms with E-state index in [-0.39, 0.29) is 5.91 Å². The van der Waals surface area contributed by atoms with Gasteiger partial charge in [0.05, 0.1) is 26.4 Å². The molecule has 4 nitrogen and oxygen atoms in total. The molecule has 0 radical (unpaired) electrons. The topological polar surface area (TPSA) is 38.8 Å². The van der Waals surface area contributed by atoms with Gasteiger partial charge in [0.2, 0.25) is 0 Å². The van der Waals surface area contributed by atoms with Gasteiger partial charge in [-0.2, -0.15) is 0 Å². The van der Waals surface area contributed by atoms with Crippen molar-refractivity contribution in [3.63, 3.8) is 0 Å². The average Bonchev–Trinajstić information content (AvgIpc) is 2.71. The summed E-state index contributed by atoms with van der Waals surface area (Å²) in [5.74, 6) is 0.112. The van der Waals surface area contributed by atoms with Crippen molar-refractivity contribution in [2.45, 2.75) is 0 Å². The van der Waals surface area contributed by atoms with Gasteiger partial charge >= 0.3 is 0 Å². The zero-order valence-corrected chi connectivity index (χ0v) is 7.49. The maximum atomic E-state index is 11.7. The van der Waals surface area contributed by atoms with Gasteiger partial charge in [-0.15, -0.1) is 0 Å². The van der Waals surface area contributed by atoms with Crippen molar-refractivity contribution in [3.05, 3.63) is 11.6 Å². The Morgan fingerprint density at radius 1 is 1.31 bits per heavy atom. The molecule has 2 heterocycles. The molecule has 2 rings (SSSR count). The standard InChI is InChI=1S/C9H13NO3/c11-9(8-1-4-13-7-8)10-2-5-12-6-3-10/h1H,2-7H2. The predicted molar refractivity (Wildman–Crippen MR) is 46.3 cm³/mol. The third-order valence-corrected chi connectivity index (χ3v) is 2.28. The Balaban J connectivity index is 1.94. The van der Waals surface area contributed by atoms with Crippen molar-refractivity contribution in [3.8, 4) is 0 Å². The number of carbonyl (C=O) groups is 1. The lowest BCUT2D eigenvalue weighted by Crippen LogP contribution is -2.41. The average molecular weight is 183 g/mol. The number of carbonyl (C=O) groups excluding carboxylic acids is 1. The van der Waals surface area contributed by atoms with E-state index in [1.165, 1.54) is 0 Å². The van der Waals surface area contributed by atoms with Crippen molar-refractivity contribution >= 4 is 5.91 Å². The van der Waals surface area contributed by atoms with Crippen LogP contribution >= 0.6 is 0 Å². The highest BCUT2D eigenvalue weighted by molar-refractivity contribution is 5.94. The molecule has 0 bridgehead atoms. The van der Waals surface area contributed by atoms with Crippen molar-refractivity contribution < 1.29 is 14.3 Å². The second kappa shape index (κ2) is 3.89. The Labute approximate surface area is 77.1 Å². The van der Waals surface area contributed by atoms with Gasteiger partial charge in [-0.05, 0) is 6.08 Å². The molecular formula is C9H13NO3. The van der Waals surface area contributed by atoms with E-state index >= 15 is 0 Å². The molecule has 2 aliphatic heterocycles. The molecule has 1 amide bonds. The van der Waals surface area contributed by atoms with Gasteiger partial charge in [0, 0.05) is 18.7 Å². The highest BCUT2D eigenvalue weighted by Crippen LogP contribution is 2.09. The minimum absolute atomic E-state index is 0.112. The first-order valence-corrected chi connectivity index (χ1v) is 4.52. The Kier molecular flexibility index (Phi) is 2.61. The molecule has 1 saturated heterocycles. The van der Waals surface area contributed by atoms with Crippen LogP contribution in [0.15, 0.2) is 11.6 Å².